The lowest BCUT2D eigenvalue weighted by atomic mass is 9.82. The van der Waals surface area contributed by atoms with E-state index < -0.39 is 0 Å². The minimum Gasteiger partial charge on any atom is -0.462 e. The van der Waals surface area contributed by atoms with Gasteiger partial charge >= 0.3 is 5.97 Å². The van der Waals surface area contributed by atoms with E-state index >= 15 is 0 Å². The highest BCUT2D eigenvalue weighted by Crippen LogP contribution is 2.49. The summed E-state index contributed by atoms with van der Waals surface area (Å²) in [4.78, 5) is 11.8. The van der Waals surface area contributed by atoms with Gasteiger partial charge in [-0.1, -0.05) is 64.1 Å². The number of benzene rings is 2. The number of hydrogen-bond donors (Lipinski definition) is 0. The van der Waals surface area contributed by atoms with Crippen molar-refractivity contribution in [2.75, 3.05) is 6.61 Å². The van der Waals surface area contributed by atoms with Gasteiger partial charge in [-0.15, -0.1) is 0 Å². The molecule has 0 atom stereocenters. The zero-order valence-corrected chi connectivity index (χ0v) is 17.3. The average Bonchev–Trinajstić information content (AvgIpc) is 2.79. The third kappa shape index (κ3) is 3.85. The maximum absolute atomic E-state index is 11.8. The number of rotatable bonds is 4. The van der Waals surface area contributed by atoms with Crippen LogP contribution in [0.4, 0.5) is 0 Å². The Balaban J connectivity index is 1.88. The Morgan fingerprint density at radius 2 is 1.56 bits per heavy atom. The number of allylic oxidation sites excluding steroid dienone is 1. The second-order valence-electron chi connectivity index (χ2n) is 8.87. The lowest BCUT2D eigenvalue weighted by Crippen LogP contribution is -2.17. The number of ether oxygens (including phenoxy) is 1. The molecule has 27 heavy (non-hydrogen) atoms. The molecule has 0 saturated carbocycles. The smallest absolute Gasteiger partial charge is 0.338 e. The Morgan fingerprint density at radius 1 is 0.963 bits per heavy atom. The minimum atomic E-state index is -0.270. The van der Waals surface area contributed by atoms with Gasteiger partial charge in [-0.3, -0.25) is 0 Å². The van der Waals surface area contributed by atoms with Crippen LogP contribution in [0.3, 0.4) is 0 Å². The zero-order chi connectivity index (χ0) is 19.8. The SMILES string of the molecule is CCOC(=O)c1ccc(C=C(C)c2ccc3c(c2)C(C)(C)CC3(C)C)cc1. The van der Waals surface area contributed by atoms with E-state index in [4.69, 9.17) is 4.74 Å². The van der Waals surface area contributed by atoms with Gasteiger partial charge < -0.3 is 4.74 Å². The predicted octanol–water partition coefficient (Wildman–Crippen LogP) is 6.38. The maximum atomic E-state index is 11.8. The molecule has 3 rings (SSSR count). The molecule has 0 aliphatic heterocycles. The molecule has 1 aliphatic carbocycles. The van der Waals surface area contributed by atoms with Crippen LogP contribution < -0.4 is 0 Å². The van der Waals surface area contributed by atoms with E-state index in [1.165, 1.54) is 28.7 Å². The molecule has 0 radical (unpaired) electrons. The summed E-state index contributed by atoms with van der Waals surface area (Å²) in [5.41, 5.74) is 7.54. The maximum Gasteiger partial charge on any atom is 0.338 e. The van der Waals surface area contributed by atoms with Gasteiger partial charge in [0.15, 0.2) is 0 Å². The van der Waals surface area contributed by atoms with Gasteiger partial charge in [0.05, 0.1) is 12.2 Å². The molecule has 1 aliphatic rings. The van der Waals surface area contributed by atoms with Crippen molar-refractivity contribution in [1.29, 1.82) is 0 Å². The lowest BCUT2D eigenvalue weighted by Gasteiger charge is -2.22. The molecule has 0 unspecified atom stereocenters. The average molecular weight is 363 g/mol. The third-order valence-electron chi connectivity index (χ3n) is 5.62. The fraction of sp³-hybridized carbons (Fsp3) is 0.400. The van der Waals surface area contributed by atoms with Crippen molar-refractivity contribution in [1.82, 2.24) is 0 Å². The first-order valence-electron chi connectivity index (χ1n) is 9.75. The number of fused-ring (bicyclic) bond motifs is 1. The minimum absolute atomic E-state index is 0.205. The van der Waals surface area contributed by atoms with E-state index in [1.54, 1.807) is 0 Å². The molecule has 2 heteroatoms. The highest BCUT2D eigenvalue weighted by atomic mass is 16.5. The number of esters is 1. The summed E-state index contributed by atoms with van der Waals surface area (Å²) in [6, 6.07) is 14.5. The van der Waals surface area contributed by atoms with Crippen molar-refractivity contribution in [3.05, 3.63) is 70.3 Å². The fourth-order valence-electron chi connectivity index (χ4n) is 4.50. The second kappa shape index (κ2) is 6.99. The van der Waals surface area contributed by atoms with Crippen LogP contribution >= 0.6 is 0 Å². The number of carbonyl (C=O) groups excluding carboxylic acids is 1. The first-order valence-corrected chi connectivity index (χ1v) is 9.75. The molecule has 0 aromatic heterocycles. The molecule has 0 bridgehead atoms. The van der Waals surface area contributed by atoms with Crippen LogP contribution in [-0.2, 0) is 15.6 Å². The highest BCUT2D eigenvalue weighted by molar-refractivity contribution is 5.90. The summed E-state index contributed by atoms with van der Waals surface area (Å²) in [7, 11) is 0. The molecular weight excluding hydrogens is 332 g/mol. The van der Waals surface area contributed by atoms with Gasteiger partial charge in [0.25, 0.3) is 0 Å². The Hall–Kier alpha value is -2.35. The van der Waals surface area contributed by atoms with Gasteiger partial charge in [0.2, 0.25) is 0 Å². The van der Waals surface area contributed by atoms with Crippen LogP contribution in [0.2, 0.25) is 0 Å². The first kappa shape index (κ1) is 19.4. The standard InChI is InChI=1S/C25H30O2/c1-7-27-23(26)19-10-8-18(9-11-19)14-17(2)20-12-13-21-22(15-20)25(5,6)16-24(21,3)4/h8-15H,7,16H2,1-6H3. The molecular formula is C25H30O2. The summed E-state index contributed by atoms with van der Waals surface area (Å²) in [5.74, 6) is -0.270. The van der Waals surface area contributed by atoms with E-state index in [0.717, 1.165) is 5.56 Å². The molecule has 0 amide bonds. The summed E-state index contributed by atoms with van der Waals surface area (Å²) in [6.07, 6.45) is 3.35. The van der Waals surface area contributed by atoms with Crippen molar-refractivity contribution in [3.8, 4) is 0 Å². The largest absolute Gasteiger partial charge is 0.462 e. The Bertz CT molecular complexity index is 883. The van der Waals surface area contributed by atoms with Crippen LogP contribution in [0.25, 0.3) is 11.6 Å². The third-order valence-corrected chi connectivity index (χ3v) is 5.62. The molecule has 0 fully saturated rings. The first-order chi connectivity index (χ1) is 12.6. The summed E-state index contributed by atoms with van der Waals surface area (Å²) in [6.45, 7) is 13.7. The van der Waals surface area contributed by atoms with Crippen molar-refractivity contribution < 1.29 is 9.53 Å². The highest BCUT2D eigenvalue weighted by Gasteiger charge is 2.41. The predicted molar refractivity (Wildman–Crippen MR) is 113 cm³/mol. The summed E-state index contributed by atoms with van der Waals surface area (Å²) in [5, 5.41) is 0. The van der Waals surface area contributed by atoms with Crippen LogP contribution in [0.1, 0.15) is 80.6 Å². The molecule has 142 valence electrons. The van der Waals surface area contributed by atoms with Crippen molar-refractivity contribution in [2.45, 2.75) is 58.8 Å². The topological polar surface area (TPSA) is 26.3 Å². The Kier molecular flexibility index (Phi) is 5.03. The van der Waals surface area contributed by atoms with Crippen LogP contribution in [0.5, 0.6) is 0 Å². The molecule has 0 saturated heterocycles. The van der Waals surface area contributed by atoms with Crippen molar-refractivity contribution >= 4 is 17.6 Å². The van der Waals surface area contributed by atoms with Gasteiger partial charge in [-0.05, 0) is 71.1 Å². The van der Waals surface area contributed by atoms with Crippen LogP contribution in [0.15, 0.2) is 42.5 Å². The summed E-state index contributed by atoms with van der Waals surface area (Å²) >= 11 is 0. The normalized spacial score (nSPS) is 17.5. The monoisotopic (exact) mass is 362 g/mol. The number of hydrogen-bond acceptors (Lipinski definition) is 2. The zero-order valence-electron chi connectivity index (χ0n) is 17.3. The molecule has 2 aromatic carbocycles. The van der Waals surface area contributed by atoms with Gasteiger partial charge in [-0.25, -0.2) is 4.79 Å². The van der Waals surface area contributed by atoms with Gasteiger partial charge in [0.1, 0.15) is 0 Å². The molecule has 0 spiro atoms. The van der Waals surface area contributed by atoms with Gasteiger partial charge in [0, 0.05) is 0 Å². The van der Waals surface area contributed by atoms with E-state index in [1.807, 2.05) is 31.2 Å². The van der Waals surface area contributed by atoms with Crippen LogP contribution in [0, 0.1) is 0 Å². The molecule has 2 aromatic rings. The van der Waals surface area contributed by atoms with E-state index in [-0.39, 0.29) is 16.8 Å². The fourth-order valence-corrected chi connectivity index (χ4v) is 4.50. The molecule has 0 N–H and O–H groups in total. The number of carbonyl (C=O) groups is 1. The van der Waals surface area contributed by atoms with Gasteiger partial charge in [-0.2, -0.15) is 0 Å². The van der Waals surface area contributed by atoms with Crippen molar-refractivity contribution in [2.24, 2.45) is 0 Å². The Labute approximate surface area is 163 Å². The molecule has 0 heterocycles. The van der Waals surface area contributed by atoms with Crippen molar-refractivity contribution in [3.63, 3.8) is 0 Å². The van der Waals surface area contributed by atoms with E-state index in [0.29, 0.717) is 12.2 Å². The lowest BCUT2D eigenvalue weighted by molar-refractivity contribution is 0.0526. The second-order valence-corrected chi connectivity index (χ2v) is 8.87. The van der Waals surface area contributed by atoms with Crippen LogP contribution in [-0.4, -0.2) is 12.6 Å². The molecule has 2 nitrogen and oxygen atoms in total. The summed E-state index contributed by atoms with van der Waals surface area (Å²) < 4.78 is 5.04. The van der Waals surface area contributed by atoms with E-state index in [2.05, 4.69) is 58.9 Å². The van der Waals surface area contributed by atoms with E-state index in [9.17, 15) is 4.79 Å². The quantitative estimate of drug-likeness (QED) is 0.466. The Morgan fingerprint density at radius 3 is 2.19 bits per heavy atom.